The summed E-state index contributed by atoms with van der Waals surface area (Å²) in [6.07, 6.45) is 5.77. The number of ether oxygens (including phenoxy) is 1. The molecule has 2 bridgehead atoms. The van der Waals surface area contributed by atoms with Gasteiger partial charge in [0.15, 0.2) is 5.60 Å². The highest BCUT2D eigenvalue weighted by atomic mass is 17.3. The molecule has 0 N–H and O–H groups in total. The average molecular weight is 384 g/mol. The van der Waals surface area contributed by atoms with Gasteiger partial charge in [-0.1, -0.05) is 32.4 Å². The molecule has 150 valence electrons. The molecule has 6 atom stereocenters. The topological polar surface area (TPSA) is 57.9 Å². The van der Waals surface area contributed by atoms with Gasteiger partial charge >= 0.3 is 5.63 Å². The highest BCUT2D eigenvalue weighted by molar-refractivity contribution is 5.81. The minimum Gasteiger partial charge on any atom is -0.423 e. The Morgan fingerprint density at radius 3 is 2.68 bits per heavy atom. The smallest absolute Gasteiger partial charge is 0.336 e. The fourth-order valence-corrected chi connectivity index (χ4v) is 6.50. The number of benzene rings is 1. The van der Waals surface area contributed by atoms with Crippen LogP contribution in [0.15, 0.2) is 39.5 Å². The maximum absolute atomic E-state index is 11.7. The number of fused-ring (bicyclic) bond motifs is 4. The van der Waals surface area contributed by atoms with Gasteiger partial charge in [0, 0.05) is 24.1 Å². The van der Waals surface area contributed by atoms with Crippen LogP contribution < -0.4 is 5.63 Å². The summed E-state index contributed by atoms with van der Waals surface area (Å²) in [4.78, 5) is 23.7. The van der Waals surface area contributed by atoms with Crippen LogP contribution in [0.1, 0.15) is 51.5 Å². The van der Waals surface area contributed by atoms with E-state index in [0.717, 1.165) is 42.6 Å². The largest absolute Gasteiger partial charge is 0.423 e. The van der Waals surface area contributed by atoms with E-state index in [9.17, 15) is 4.79 Å². The number of hydrogen-bond donors (Lipinski definition) is 0. The van der Waals surface area contributed by atoms with E-state index in [1.54, 1.807) is 7.11 Å². The molecule has 28 heavy (non-hydrogen) atoms. The molecule has 2 saturated carbocycles. The lowest BCUT2D eigenvalue weighted by molar-refractivity contribution is -0.641. The quantitative estimate of drug-likeness (QED) is 0.563. The molecule has 5 heteroatoms. The zero-order valence-corrected chi connectivity index (χ0v) is 16.8. The van der Waals surface area contributed by atoms with E-state index in [1.807, 2.05) is 24.3 Å². The molecular formula is C23H28O5. The third-order valence-corrected chi connectivity index (χ3v) is 7.48. The minimum atomic E-state index is -0.986. The Bertz CT molecular complexity index is 945. The fraction of sp³-hybridized carbons (Fsp3) is 0.609. The molecule has 5 rings (SSSR count). The van der Waals surface area contributed by atoms with Gasteiger partial charge in [0.1, 0.15) is 5.58 Å². The standard InChI is InChI=1S/C23H28O5/c1-4-16-12-15-10-14(2)11-17(13-15)22(16)23(25-3,28-27-22)19-6-5-7-20-18(19)8-9-21(24)26-20/h5-9,14-17H,4,10-13H2,1-3H3. The van der Waals surface area contributed by atoms with Crippen LogP contribution in [-0.2, 0) is 20.3 Å². The monoisotopic (exact) mass is 384 g/mol. The lowest BCUT2D eigenvalue weighted by Gasteiger charge is -2.65. The molecule has 1 aliphatic heterocycles. The van der Waals surface area contributed by atoms with E-state index in [0.29, 0.717) is 23.3 Å². The third kappa shape index (κ3) is 2.27. The molecule has 2 aromatic rings. The van der Waals surface area contributed by atoms with Gasteiger partial charge in [0.05, 0.1) is 0 Å². The van der Waals surface area contributed by atoms with Crippen molar-refractivity contribution in [3.63, 3.8) is 0 Å². The van der Waals surface area contributed by atoms with Gasteiger partial charge in [-0.25, -0.2) is 9.68 Å². The van der Waals surface area contributed by atoms with Crippen molar-refractivity contribution in [3.8, 4) is 0 Å². The van der Waals surface area contributed by atoms with Crippen molar-refractivity contribution in [1.82, 2.24) is 0 Å². The normalized spacial score (nSPS) is 39.8. The van der Waals surface area contributed by atoms with Crippen molar-refractivity contribution in [2.24, 2.45) is 23.7 Å². The maximum atomic E-state index is 11.7. The molecular weight excluding hydrogens is 356 g/mol. The summed E-state index contributed by atoms with van der Waals surface area (Å²) < 4.78 is 11.6. The van der Waals surface area contributed by atoms with Gasteiger partial charge in [-0.2, -0.15) is 4.89 Å². The first kappa shape index (κ1) is 18.3. The SMILES string of the molecule is CCC1CC2CC(C)CC(C2)C12OOC2(OC)c1cccc2oc(=O)ccc12. The zero-order chi connectivity index (χ0) is 19.5. The number of methoxy groups -OCH3 is 1. The van der Waals surface area contributed by atoms with Gasteiger partial charge in [0.25, 0.3) is 5.79 Å². The van der Waals surface area contributed by atoms with E-state index in [1.165, 1.54) is 12.5 Å². The van der Waals surface area contributed by atoms with Gasteiger partial charge in [-0.15, -0.1) is 0 Å². The Balaban J connectivity index is 1.70. The van der Waals surface area contributed by atoms with Crippen LogP contribution in [0.3, 0.4) is 0 Å². The summed E-state index contributed by atoms with van der Waals surface area (Å²) in [6, 6.07) is 8.99. The van der Waals surface area contributed by atoms with E-state index < -0.39 is 11.4 Å². The summed E-state index contributed by atoms with van der Waals surface area (Å²) >= 11 is 0. The van der Waals surface area contributed by atoms with Crippen molar-refractivity contribution in [2.75, 3.05) is 7.11 Å². The Morgan fingerprint density at radius 2 is 1.96 bits per heavy atom. The Kier molecular flexibility index (Phi) is 4.20. The number of hydrogen-bond acceptors (Lipinski definition) is 5. The van der Waals surface area contributed by atoms with Crippen LogP contribution in [0.2, 0.25) is 0 Å². The van der Waals surface area contributed by atoms with Crippen LogP contribution in [0, 0.1) is 23.7 Å². The third-order valence-electron chi connectivity index (χ3n) is 7.48. The van der Waals surface area contributed by atoms with Crippen LogP contribution in [0.4, 0.5) is 0 Å². The predicted octanol–water partition coefficient (Wildman–Crippen LogP) is 4.78. The molecule has 1 spiro atoms. The zero-order valence-electron chi connectivity index (χ0n) is 16.8. The molecule has 3 fully saturated rings. The van der Waals surface area contributed by atoms with E-state index in [2.05, 4.69) is 13.8 Å². The lowest BCUT2D eigenvalue weighted by atomic mass is 9.53. The summed E-state index contributed by atoms with van der Waals surface area (Å²) in [5.74, 6) is 1.21. The van der Waals surface area contributed by atoms with Crippen LogP contribution in [0.25, 0.3) is 11.0 Å². The number of rotatable bonds is 3. The molecule has 0 amide bonds. The molecule has 6 unspecified atom stereocenters. The molecule has 3 aliphatic rings. The van der Waals surface area contributed by atoms with Gasteiger partial charge < -0.3 is 9.15 Å². The van der Waals surface area contributed by atoms with Gasteiger partial charge in [-0.05, 0) is 61.5 Å². The Labute approximate surface area is 164 Å². The lowest BCUT2D eigenvalue weighted by Crippen LogP contribution is -2.74. The summed E-state index contributed by atoms with van der Waals surface area (Å²) in [5, 5.41) is 0.840. The van der Waals surface area contributed by atoms with Crippen LogP contribution in [-0.4, -0.2) is 12.7 Å². The van der Waals surface area contributed by atoms with Crippen molar-refractivity contribution in [2.45, 2.75) is 57.3 Å². The van der Waals surface area contributed by atoms with Gasteiger partial charge in [0.2, 0.25) is 0 Å². The highest BCUT2D eigenvalue weighted by Gasteiger charge is 2.74. The summed E-state index contributed by atoms with van der Waals surface area (Å²) in [5.41, 5.74) is 0.569. The predicted molar refractivity (Wildman–Crippen MR) is 104 cm³/mol. The molecule has 5 nitrogen and oxygen atoms in total. The summed E-state index contributed by atoms with van der Waals surface area (Å²) in [7, 11) is 1.70. The molecule has 1 saturated heterocycles. The maximum Gasteiger partial charge on any atom is 0.336 e. The fourth-order valence-electron chi connectivity index (χ4n) is 6.50. The van der Waals surface area contributed by atoms with E-state index in [-0.39, 0.29) is 5.63 Å². The van der Waals surface area contributed by atoms with Gasteiger partial charge in [-0.3, -0.25) is 0 Å². The molecule has 1 aromatic carbocycles. The second-order valence-electron chi connectivity index (χ2n) is 8.97. The highest BCUT2D eigenvalue weighted by Crippen LogP contribution is 2.65. The Hall–Kier alpha value is -1.69. The second kappa shape index (κ2) is 6.41. The molecule has 2 aliphatic carbocycles. The molecule has 0 radical (unpaired) electrons. The molecule has 2 heterocycles. The minimum absolute atomic E-state index is 0.357. The first-order chi connectivity index (χ1) is 13.5. The first-order valence-corrected chi connectivity index (χ1v) is 10.5. The summed E-state index contributed by atoms with van der Waals surface area (Å²) in [6.45, 7) is 4.58. The van der Waals surface area contributed by atoms with Crippen LogP contribution >= 0.6 is 0 Å². The van der Waals surface area contributed by atoms with E-state index >= 15 is 0 Å². The van der Waals surface area contributed by atoms with Crippen molar-refractivity contribution in [1.29, 1.82) is 0 Å². The van der Waals surface area contributed by atoms with Crippen molar-refractivity contribution < 1.29 is 18.9 Å². The van der Waals surface area contributed by atoms with Crippen molar-refractivity contribution in [3.05, 3.63) is 46.3 Å². The van der Waals surface area contributed by atoms with E-state index in [4.69, 9.17) is 18.9 Å². The Morgan fingerprint density at radius 1 is 1.11 bits per heavy atom. The molecule has 1 aromatic heterocycles. The van der Waals surface area contributed by atoms with Crippen LogP contribution in [0.5, 0.6) is 0 Å². The van der Waals surface area contributed by atoms with Crippen molar-refractivity contribution >= 4 is 11.0 Å². The average Bonchev–Trinajstić information content (AvgIpc) is 2.67. The first-order valence-electron chi connectivity index (χ1n) is 10.5. The second-order valence-corrected chi connectivity index (χ2v) is 8.97.